The molecule has 0 radical (unpaired) electrons. The second kappa shape index (κ2) is 7.93. The van der Waals surface area contributed by atoms with Crippen LogP contribution >= 0.6 is 0 Å². The predicted octanol–water partition coefficient (Wildman–Crippen LogP) is 3.42. The molecule has 0 unspecified atom stereocenters. The van der Waals surface area contributed by atoms with E-state index in [1.54, 1.807) is 0 Å². The summed E-state index contributed by atoms with van der Waals surface area (Å²) in [4.78, 5) is 9.32. The van der Waals surface area contributed by atoms with Gasteiger partial charge in [0.15, 0.2) is 0 Å². The van der Waals surface area contributed by atoms with Crippen molar-refractivity contribution >= 4 is 0 Å². The lowest BCUT2D eigenvalue weighted by Crippen LogP contribution is -2.43. The van der Waals surface area contributed by atoms with E-state index in [9.17, 15) is 4.39 Å². The molecule has 1 aliphatic rings. The van der Waals surface area contributed by atoms with Crippen LogP contribution in [0.15, 0.2) is 36.5 Å². The molecule has 0 amide bonds. The summed E-state index contributed by atoms with van der Waals surface area (Å²) in [6, 6.07) is 8.78. The van der Waals surface area contributed by atoms with Crippen molar-refractivity contribution in [1.29, 1.82) is 0 Å². The van der Waals surface area contributed by atoms with Crippen LogP contribution < -0.4 is 4.74 Å². The zero-order valence-electron chi connectivity index (χ0n) is 15.2. The Hall–Kier alpha value is -1.98. The third kappa shape index (κ3) is 5.00. The molecule has 0 N–H and O–H groups in total. The summed E-state index contributed by atoms with van der Waals surface area (Å²) in [6.07, 6.45) is 1.90. The van der Waals surface area contributed by atoms with E-state index >= 15 is 0 Å². The topological polar surface area (TPSA) is 28.6 Å². The van der Waals surface area contributed by atoms with E-state index in [1.807, 2.05) is 32.2 Å². The van der Waals surface area contributed by atoms with Crippen LogP contribution in [0.4, 0.5) is 4.39 Å². The second-order valence-corrected chi connectivity index (χ2v) is 6.97. The van der Waals surface area contributed by atoms with Crippen LogP contribution in [-0.2, 0) is 6.54 Å². The fourth-order valence-corrected chi connectivity index (χ4v) is 3.00. The smallest absolute Gasteiger partial charge is 0.127 e. The van der Waals surface area contributed by atoms with Crippen LogP contribution in [0.1, 0.15) is 19.4 Å². The normalized spacial score (nSPS) is 16.4. The molecule has 2 aromatic rings. The molecule has 0 bridgehead atoms. The van der Waals surface area contributed by atoms with Crippen LogP contribution in [0.3, 0.4) is 0 Å². The number of rotatable bonds is 5. The van der Waals surface area contributed by atoms with Gasteiger partial charge in [0.25, 0.3) is 0 Å². The van der Waals surface area contributed by atoms with Crippen molar-refractivity contribution in [2.24, 2.45) is 0 Å². The van der Waals surface area contributed by atoms with Crippen LogP contribution in [0, 0.1) is 5.82 Å². The Bertz CT molecular complexity index is 695. The van der Waals surface area contributed by atoms with Crippen LogP contribution in [0.2, 0.25) is 0 Å². The molecular weight excluding hydrogens is 317 g/mol. The predicted molar refractivity (Wildman–Crippen MR) is 98.2 cm³/mol. The van der Waals surface area contributed by atoms with Gasteiger partial charge in [0.05, 0.1) is 11.8 Å². The third-order valence-corrected chi connectivity index (χ3v) is 4.37. The Morgan fingerprint density at radius 1 is 1.12 bits per heavy atom. The van der Waals surface area contributed by atoms with Gasteiger partial charge in [-0.05, 0) is 44.7 Å². The van der Waals surface area contributed by atoms with Crippen molar-refractivity contribution < 1.29 is 9.13 Å². The maximum atomic E-state index is 13.9. The molecule has 5 heteroatoms. The summed E-state index contributed by atoms with van der Waals surface area (Å²) in [5.41, 5.74) is 2.68. The van der Waals surface area contributed by atoms with E-state index in [4.69, 9.17) is 4.74 Å². The minimum atomic E-state index is -0.309. The molecule has 134 valence electrons. The highest BCUT2D eigenvalue weighted by atomic mass is 19.1. The number of ether oxygens (including phenoxy) is 1. The lowest BCUT2D eigenvalue weighted by atomic mass is 10.1. The molecular formula is C20H26FN3O. The van der Waals surface area contributed by atoms with Crippen LogP contribution in [0.5, 0.6) is 5.75 Å². The van der Waals surface area contributed by atoms with E-state index in [0.29, 0.717) is 5.75 Å². The molecule has 0 saturated carbocycles. The number of hydrogen-bond donors (Lipinski definition) is 0. The van der Waals surface area contributed by atoms with Crippen molar-refractivity contribution in [1.82, 2.24) is 14.8 Å². The maximum absolute atomic E-state index is 13.9. The Kier molecular flexibility index (Phi) is 5.66. The minimum absolute atomic E-state index is 0.00794. The van der Waals surface area contributed by atoms with E-state index in [1.165, 1.54) is 17.7 Å². The fraction of sp³-hybridized carbons (Fsp3) is 0.450. The summed E-state index contributed by atoms with van der Waals surface area (Å²) in [7, 11) is 2.16. The molecule has 0 aliphatic carbocycles. The zero-order valence-corrected chi connectivity index (χ0v) is 15.2. The van der Waals surface area contributed by atoms with Gasteiger partial charge < -0.3 is 9.64 Å². The monoisotopic (exact) mass is 343 g/mol. The number of likely N-dealkylation sites (N-methyl/N-ethyl adjacent to an activating group) is 1. The van der Waals surface area contributed by atoms with E-state index in [-0.39, 0.29) is 11.9 Å². The van der Waals surface area contributed by atoms with E-state index in [0.717, 1.165) is 44.0 Å². The van der Waals surface area contributed by atoms with Gasteiger partial charge in [-0.3, -0.25) is 9.88 Å². The highest BCUT2D eigenvalue weighted by Crippen LogP contribution is 2.25. The zero-order chi connectivity index (χ0) is 17.8. The highest BCUT2D eigenvalue weighted by Gasteiger charge is 2.14. The third-order valence-electron chi connectivity index (χ3n) is 4.37. The molecule has 1 aliphatic heterocycles. The number of aromatic nitrogens is 1. The van der Waals surface area contributed by atoms with Crippen molar-refractivity contribution in [2.75, 3.05) is 33.2 Å². The SMILES string of the molecule is CC(C)Oc1cc(F)cc(-c2ccc(CN3CCN(C)CC3)cn2)c1. The number of benzene rings is 1. The molecule has 1 fully saturated rings. The average molecular weight is 343 g/mol. The molecule has 25 heavy (non-hydrogen) atoms. The van der Waals surface area contributed by atoms with Crippen LogP contribution in [0.25, 0.3) is 11.3 Å². The maximum Gasteiger partial charge on any atom is 0.127 e. The van der Waals surface area contributed by atoms with Crippen molar-refractivity contribution in [3.05, 3.63) is 47.9 Å². The average Bonchev–Trinajstić information content (AvgIpc) is 2.56. The molecule has 0 atom stereocenters. The Balaban J connectivity index is 1.70. The van der Waals surface area contributed by atoms with Gasteiger partial charge in [-0.25, -0.2) is 4.39 Å². The second-order valence-electron chi connectivity index (χ2n) is 6.97. The Morgan fingerprint density at radius 3 is 2.52 bits per heavy atom. The number of halogens is 1. The van der Waals surface area contributed by atoms with E-state index < -0.39 is 0 Å². The van der Waals surface area contributed by atoms with Gasteiger partial charge in [0.1, 0.15) is 11.6 Å². The Labute approximate surface area is 149 Å². The van der Waals surface area contributed by atoms with Crippen molar-refractivity contribution in [3.63, 3.8) is 0 Å². The van der Waals surface area contributed by atoms with Gasteiger partial charge in [-0.15, -0.1) is 0 Å². The molecule has 3 rings (SSSR count). The summed E-state index contributed by atoms with van der Waals surface area (Å²) < 4.78 is 19.5. The minimum Gasteiger partial charge on any atom is -0.491 e. The number of hydrogen-bond acceptors (Lipinski definition) is 4. The van der Waals surface area contributed by atoms with Gasteiger partial charge in [-0.2, -0.15) is 0 Å². The summed E-state index contributed by atoms with van der Waals surface area (Å²) >= 11 is 0. The number of piperazine rings is 1. The van der Waals surface area contributed by atoms with Crippen molar-refractivity contribution in [3.8, 4) is 17.0 Å². The number of nitrogens with zero attached hydrogens (tertiary/aromatic N) is 3. The molecule has 0 spiro atoms. The first kappa shape index (κ1) is 17.8. The summed E-state index contributed by atoms with van der Waals surface area (Å²) in [6.45, 7) is 9.13. The molecule has 1 aromatic carbocycles. The van der Waals surface area contributed by atoms with E-state index in [2.05, 4.69) is 27.9 Å². The molecule has 2 heterocycles. The number of pyridine rings is 1. The largest absolute Gasteiger partial charge is 0.491 e. The van der Waals surface area contributed by atoms with Gasteiger partial charge in [0, 0.05) is 50.6 Å². The van der Waals surface area contributed by atoms with Gasteiger partial charge >= 0.3 is 0 Å². The fourth-order valence-electron chi connectivity index (χ4n) is 3.00. The van der Waals surface area contributed by atoms with Gasteiger partial charge in [-0.1, -0.05) is 6.07 Å². The molecule has 4 nitrogen and oxygen atoms in total. The quantitative estimate of drug-likeness (QED) is 0.832. The first-order valence-electron chi connectivity index (χ1n) is 8.83. The highest BCUT2D eigenvalue weighted by molar-refractivity contribution is 5.61. The van der Waals surface area contributed by atoms with Gasteiger partial charge in [0.2, 0.25) is 0 Å². The standard InChI is InChI=1S/C20H26FN3O/c1-15(2)25-19-11-17(10-18(21)12-19)20-5-4-16(13-22-20)14-24-8-6-23(3)7-9-24/h4-5,10-13,15H,6-9,14H2,1-3H3. The lowest BCUT2D eigenvalue weighted by Gasteiger charge is -2.32. The summed E-state index contributed by atoms with van der Waals surface area (Å²) in [5, 5.41) is 0. The molecule has 1 saturated heterocycles. The molecule has 1 aromatic heterocycles. The first-order valence-corrected chi connectivity index (χ1v) is 8.83. The summed E-state index contributed by atoms with van der Waals surface area (Å²) in [5.74, 6) is 0.227. The first-order chi connectivity index (χ1) is 12.0. The van der Waals surface area contributed by atoms with Crippen LogP contribution in [-0.4, -0.2) is 54.1 Å². The van der Waals surface area contributed by atoms with Crippen molar-refractivity contribution in [2.45, 2.75) is 26.5 Å². The Morgan fingerprint density at radius 2 is 1.88 bits per heavy atom. The lowest BCUT2D eigenvalue weighted by molar-refractivity contribution is 0.148.